The minimum atomic E-state index is -1.33. The summed E-state index contributed by atoms with van der Waals surface area (Å²) in [6.07, 6.45) is 8.07. The van der Waals surface area contributed by atoms with Crippen LogP contribution in [0.4, 0.5) is 10.5 Å². The van der Waals surface area contributed by atoms with Crippen molar-refractivity contribution in [2.75, 3.05) is 11.6 Å². The summed E-state index contributed by atoms with van der Waals surface area (Å²) in [4.78, 5) is 11.8. The Balaban J connectivity index is 1.96. The molecule has 2 N–H and O–H groups in total. The number of carbonyl (C=O) groups excluding carboxylic acids is 1. The van der Waals surface area contributed by atoms with Crippen molar-refractivity contribution in [1.29, 1.82) is 0 Å². The summed E-state index contributed by atoms with van der Waals surface area (Å²) in [6.45, 7) is 0. The summed E-state index contributed by atoms with van der Waals surface area (Å²) in [6, 6.07) is 1.96. The van der Waals surface area contributed by atoms with Gasteiger partial charge in [0.05, 0.1) is 0 Å². The monoisotopic (exact) mass is 278 g/mol. The highest BCUT2D eigenvalue weighted by atomic mass is 32.2. The number of nitrogens with one attached hydrogen (secondary N) is 2. The molecule has 102 valence electrons. The molecule has 19 heavy (non-hydrogen) atoms. The number of aryl methyl sites for hydroxylation is 2. The maximum atomic E-state index is 11.8. The molecular weight excluding hydrogens is 260 g/mol. The SMILES string of the molecule is CS(=O)NC(=O)Nc1c2c(cc3c1CCC3)CCC2. The molecule has 0 radical (unpaired) electrons. The van der Waals surface area contributed by atoms with Gasteiger partial charge in [0, 0.05) is 11.9 Å². The first-order chi connectivity index (χ1) is 9.15. The Morgan fingerprint density at radius 2 is 1.68 bits per heavy atom. The maximum Gasteiger partial charge on any atom is 0.331 e. The third-order valence-corrected chi connectivity index (χ3v) is 4.42. The minimum absolute atomic E-state index is 0.366. The van der Waals surface area contributed by atoms with E-state index < -0.39 is 11.0 Å². The summed E-state index contributed by atoms with van der Waals surface area (Å²) >= 11 is 0. The molecule has 0 fully saturated rings. The average molecular weight is 278 g/mol. The van der Waals surface area contributed by atoms with Gasteiger partial charge in [-0.05, 0) is 60.8 Å². The normalized spacial score (nSPS) is 17.7. The number of fused-ring (bicyclic) bond motifs is 2. The Morgan fingerprint density at radius 1 is 1.11 bits per heavy atom. The first-order valence-corrected chi connectivity index (χ1v) is 8.28. The number of anilines is 1. The van der Waals surface area contributed by atoms with E-state index in [0.29, 0.717) is 0 Å². The zero-order chi connectivity index (χ0) is 13.4. The average Bonchev–Trinajstić information content (AvgIpc) is 2.94. The van der Waals surface area contributed by atoms with Gasteiger partial charge in [-0.2, -0.15) is 0 Å². The summed E-state index contributed by atoms with van der Waals surface area (Å²) in [5.41, 5.74) is 6.34. The third kappa shape index (κ3) is 2.39. The molecule has 2 aliphatic rings. The molecule has 0 aliphatic heterocycles. The number of hydrogen-bond donors (Lipinski definition) is 2. The fourth-order valence-corrected chi connectivity index (χ4v) is 3.55. The predicted molar refractivity (Wildman–Crippen MR) is 76.7 cm³/mol. The Morgan fingerprint density at radius 3 is 2.21 bits per heavy atom. The van der Waals surface area contributed by atoms with Gasteiger partial charge >= 0.3 is 6.03 Å². The lowest BCUT2D eigenvalue weighted by atomic mass is 9.99. The van der Waals surface area contributed by atoms with Crippen LogP contribution in [0, 0.1) is 0 Å². The summed E-state index contributed by atoms with van der Waals surface area (Å²) in [5.74, 6) is 0. The highest BCUT2D eigenvalue weighted by molar-refractivity contribution is 7.82. The van der Waals surface area contributed by atoms with E-state index in [0.717, 1.165) is 44.2 Å². The number of benzene rings is 1. The van der Waals surface area contributed by atoms with Gasteiger partial charge in [-0.15, -0.1) is 0 Å². The molecule has 0 saturated heterocycles. The largest absolute Gasteiger partial charge is 0.331 e. The van der Waals surface area contributed by atoms with E-state index in [1.165, 1.54) is 28.5 Å². The van der Waals surface area contributed by atoms with E-state index in [1.807, 2.05) is 0 Å². The van der Waals surface area contributed by atoms with Crippen molar-refractivity contribution in [1.82, 2.24) is 4.72 Å². The van der Waals surface area contributed by atoms with Crippen LogP contribution in [0.1, 0.15) is 35.1 Å². The van der Waals surface area contributed by atoms with Crippen molar-refractivity contribution < 1.29 is 9.00 Å². The van der Waals surface area contributed by atoms with Gasteiger partial charge in [0.15, 0.2) is 0 Å². The van der Waals surface area contributed by atoms with Gasteiger partial charge in [-0.3, -0.25) is 4.72 Å². The summed E-state index contributed by atoms with van der Waals surface area (Å²) < 4.78 is 13.4. The van der Waals surface area contributed by atoms with Gasteiger partial charge in [0.2, 0.25) is 0 Å². The summed E-state index contributed by atoms with van der Waals surface area (Å²) in [5, 5.41) is 2.93. The second-order valence-electron chi connectivity index (χ2n) is 5.24. The van der Waals surface area contributed by atoms with Crippen molar-refractivity contribution in [3.05, 3.63) is 28.3 Å². The Bertz CT molecular complexity index is 537. The van der Waals surface area contributed by atoms with E-state index in [-0.39, 0.29) is 6.03 Å². The molecule has 0 spiro atoms. The maximum absolute atomic E-state index is 11.8. The number of amides is 2. The Kier molecular flexibility index (Phi) is 3.31. The Hall–Kier alpha value is -1.36. The molecule has 0 bridgehead atoms. The van der Waals surface area contributed by atoms with E-state index in [2.05, 4.69) is 16.1 Å². The van der Waals surface area contributed by atoms with Gasteiger partial charge < -0.3 is 5.32 Å². The van der Waals surface area contributed by atoms with E-state index in [1.54, 1.807) is 0 Å². The molecule has 3 rings (SSSR count). The van der Waals surface area contributed by atoms with Crippen molar-refractivity contribution in [2.45, 2.75) is 38.5 Å². The van der Waals surface area contributed by atoms with Gasteiger partial charge in [0.25, 0.3) is 0 Å². The van der Waals surface area contributed by atoms with Gasteiger partial charge in [0.1, 0.15) is 11.0 Å². The first-order valence-electron chi connectivity index (χ1n) is 6.72. The van der Waals surface area contributed by atoms with Crippen LogP contribution in [0.15, 0.2) is 6.07 Å². The van der Waals surface area contributed by atoms with Crippen molar-refractivity contribution >= 4 is 22.7 Å². The number of urea groups is 1. The lowest BCUT2D eigenvalue weighted by molar-refractivity contribution is 0.257. The number of carbonyl (C=O) groups is 1. The van der Waals surface area contributed by atoms with Crippen LogP contribution < -0.4 is 10.0 Å². The molecule has 0 heterocycles. The predicted octanol–water partition coefficient (Wildman–Crippen LogP) is 2.08. The molecular formula is C14H18N2O2S. The van der Waals surface area contributed by atoms with Crippen LogP contribution in [0.5, 0.6) is 0 Å². The molecule has 4 nitrogen and oxygen atoms in total. The van der Waals surface area contributed by atoms with Crippen LogP contribution >= 0.6 is 0 Å². The molecule has 5 heteroatoms. The fraction of sp³-hybridized carbons (Fsp3) is 0.500. The zero-order valence-corrected chi connectivity index (χ0v) is 11.9. The standard InChI is InChI=1S/C14H18N2O2S/c1-19(18)16-14(17)15-13-11-6-2-4-9(11)8-10-5-3-7-12(10)13/h8H,2-7H2,1H3,(H2,15,16,17). The minimum Gasteiger partial charge on any atom is -0.307 e. The Labute approximate surface area is 115 Å². The molecule has 1 atom stereocenters. The van der Waals surface area contributed by atoms with Crippen LogP contribution in [-0.4, -0.2) is 16.5 Å². The summed E-state index contributed by atoms with van der Waals surface area (Å²) in [7, 11) is -1.33. The molecule has 1 unspecified atom stereocenters. The van der Waals surface area contributed by atoms with Crippen molar-refractivity contribution in [3.8, 4) is 0 Å². The second kappa shape index (κ2) is 4.96. The molecule has 1 aromatic carbocycles. The molecule has 0 aromatic heterocycles. The van der Waals surface area contributed by atoms with Gasteiger partial charge in [-0.1, -0.05) is 6.07 Å². The molecule has 2 amide bonds. The number of hydrogen-bond acceptors (Lipinski definition) is 2. The quantitative estimate of drug-likeness (QED) is 0.870. The van der Waals surface area contributed by atoms with Crippen LogP contribution in [-0.2, 0) is 36.7 Å². The topological polar surface area (TPSA) is 58.2 Å². The van der Waals surface area contributed by atoms with Crippen LogP contribution in [0.3, 0.4) is 0 Å². The fourth-order valence-electron chi connectivity index (χ4n) is 3.24. The highest BCUT2D eigenvalue weighted by Gasteiger charge is 2.24. The third-order valence-electron chi connectivity index (χ3n) is 3.95. The molecule has 1 aromatic rings. The van der Waals surface area contributed by atoms with E-state index in [4.69, 9.17) is 0 Å². The lowest BCUT2D eigenvalue weighted by Crippen LogP contribution is -2.30. The van der Waals surface area contributed by atoms with E-state index >= 15 is 0 Å². The van der Waals surface area contributed by atoms with Crippen LogP contribution in [0.25, 0.3) is 0 Å². The van der Waals surface area contributed by atoms with Crippen molar-refractivity contribution in [2.24, 2.45) is 0 Å². The second-order valence-corrected chi connectivity index (χ2v) is 6.36. The van der Waals surface area contributed by atoms with E-state index in [9.17, 15) is 9.00 Å². The van der Waals surface area contributed by atoms with Crippen molar-refractivity contribution in [3.63, 3.8) is 0 Å². The molecule has 2 aliphatic carbocycles. The first kappa shape index (κ1) is 12.7. The van der Waals surface area contributed by atoms with Crippen LogP contribution in [0.2, 0.25) is 0 Å². The zero-order valence-electron chi connectivity index (χ0n) is 11.0. The highest BCUT2D eigenvalue weighted by Crippen LogP contribution is 2.38. The number of rotatable bonds is 2. The molecule has 0 saturated carbocycles. The smallest absolute Gasteiger partial charge is 0.307 e. The van der Waals surface area contributed by atoms with Gasteiger partial charge in [-0.25, -0.2) is 9.00 Å². The lowest BCUT2D eigenvalue weighted by Gasteiger charge is -2.15.